The van der Waals surface area contributed by atoms with E-state index < -0.39 is 0 Å². The predicted octanol–water partition coefficient (Wildman–Crippen LogP) is 1.04. The molecule has 1 aromatic heterocycles. The molecule has 0 amide bonds. The summed E-state index contributed by atoms with van der Waals surface area (Å²) in [6.45, 7) is 6.32. The second-order valence-electron chi connectivity index (χ2n) is 4.67. The molecule has 0 aliphatic carbocycles. The maximum Gasteiger partial charge on any atom is 0.318 e. The lowest BCUT2D eigenvalue weighted by Crippen LogP contribution is -2.37. The van der Waals surface area contributed by atoms with Crippen LogP contribution in [0.25, 0.3) is 0 Å². The fraction of sp³-hybridized carbons (Fsp3) is 0.833. The third kappa shape index (κ3) is 3.43. The minimum Gasteiger partial charge on any atom is -0.407 e. The SMILES string of the molecule is CCNCc1nnc(N2CCCC(COC)C2)o1. The molecule has 6 heteroatoms. The van der Waals surface area contributed by atoms with Crippen molar-refractivity contribution in [3.8, 4) is 0 Å². The Balaban J connectivity index is 1.91. The summed E-state index contributed by atoms with van der Waals surface area (Å²) in [5.74, 6) is 1.22. The first-order chi connectivity index (χ1) is 8.83. The average Bonchev–Trinajstić information content (AvgIpc) is 2.86. The van der Waals surface area contributed by atoms with E-state index in [-0.39, 0.29) is 0 Å². The molecule has 1 aliphatic rings. The molecule has 1 aromatic rings. The summed E-state index contributed by atoms with van der Waals surface area (Å²) < 4.78 is 10.9. The number of rotatable bonds is 6. The van der Waals surface area contributed by atoms with E-state index in [2.05, 4.69) is 27.3 Å². The number of nitrogens with one attached hydrogen (secondary N) is 1. The van der Waals surface area contributed by atoms with Crippen molar-refractivity contribution < 1.29 is 9.15 Å². The molecule has 0 radical (unpaired) electrons. The van der Waals surface area contributed by atoms with Gasteiger partial charge >= 0.3 is 6.01 Å². The van der Waals surface area contributed by atoms with Crippen LogP contribution in [0.4, 0.5) is 6.01 Å². The Morgan fingerprint density at radius 1 is 1.50 bits per heavy atom. The summed E-state index contributed by atoms with van der Waals surface area (Å²) >= 11 is 0. The lowest BCUT2D eigenvalue weighted by atomic mass is 9.99. The van der Waals surface area contributed by atoms with Crippen molar-refractivity contribution in [3.05, 3.63) is 5.89 Å². The van der Waals surface area contributed by atoms with Gasteiger partial charge < -0.3 is 19.4 Å². The van der Waals surface area contributed by atoms with E-state index in [0.717, 1.165) is 32.7 Å². The van der Waals surface area contributed by atoms with Crippen molar-refractivity contribution in [1.29, 1.82) is 0 Å². The number of methoxy groups -OCH3 is 1. The molecule has 0 bridgehead atoms. The van der Waals surface area contributed by atoms with Crippen LogP contribution < -0.4 is 10.2 Å². The zero-order valence-electron chi connectivity index (χ0n) is 11.2. The van der Waals surface area contributed by atoms with E-state index in [1.807, 2.05) is 0 Å². The first-order valence-corrected chi connectivity index (χ1v) is 6.60. The Morgan fingerprint density at radius 3 is 3.17 bits per heavy atom. The molecule has 0 saturated carbocycles. The molecule has 2 heterocycles. The molecule has 1 unspecified atom stereocenters. The van der Waals surface area contributed by atoms with Crippen LogP contribution in [0.1, 0.15) is 25.7 Å². The highest BCUT2D eigenvalue weighted by molar-refractivity contribution is 5.25. The molecule has 1 atom stereocenters. The van der Waals surface area contributed by atoms with Crippen LogP contribution >= 0.6 is 0 Å². The first-order valence-electron chi connectivity index (χ1n) is 6.60. The average molecular weight is 254 g/mol. The van der Waals surface area contributed by atoms with Crippen molar-refractivity contribution in [3.63, 3.8) is 0 Å². The van der Waals surface area contributed by atoms with E-state index >= 15 is 0 Å². The summed E-state index contributed by atoms with van der Waals surface area (Å²) in [5, 5.41) is 11.3. The van der Waals surface area contributed by atoms with E-state index in [1.165, 1.54) is 6.42 Å². The van der Waals surface area contributed by atoms with Gasteiger partial charge in [0.05, 0.1) is 13.2 Å². The van der Waals surface area contributed by atoms with Crippen LogP contribution in [0, 0.1) is 5.92 Å². The smallest absolute Gasteiger partial charge is 0.318 e. The largest absolute Gasteiger partial charge is 0.407 e. The third-order valence-electron chi connectivity index (χ3n) is 3.17. The predicted molar refractivity (Wildman–Crippen MR) is 68.5 cm³/mol. The van der Waals surface area contributed by atoms with Gasteiger partial charge in [-0.2, -0.15) is 0 Å². The molecule has 1 saturated heterocycles. The second kappa shape index (κ2) is 6.70. The molecule has 2 rings (SSSR count). The van der Waals surface area contributed by atoms with E-state index in [9.17, 15) is 0 Å². The summed E-state index contributed by atoms with van der Waals surface area (Å²) in [7, 11) is 1.75. The minimum absolute atomic E-state index is 0.563. The number of piperidine rings is 1. The second-order valence-corrected chi connectivity index (χ2v) is 4.67. The van der Waals surface area contributed by atoms with Crippen molar-refractivity contribution in [2.75, 3.05) is 38.3 Å². The minimum atomic E-state index is 0.563. The van der Waals surface area contributed by atoms with E-state index in [1.54, 1.807) is 7.11 Å². The highest BCUT2D eigenvalue weighted by Crippen LogP contribution is 2.22. The zero-order chi connectivity index (χ0) is 12.8. The van der Waals surface area contributed by atoms with Gasteiger partial charge in [0.25, 0.3) is 0 Å². The molecule has 1 N–H and O–H groups in total. The summed E-state index contributed by atoms with van der Waals surface area (Å²) in [6, 6.07) is 0.642. The van der Waals surface area contributed by atoms with E-state index in [0.29, 0.717) is 24.4 Å². The Hall–Kier alpha value is -1.14. The molecule has 102 valence electrons. The fourth-order valence-corrected chi connectivity index (χ4v) is 2.29. The first kappa shape index (κ1) is 13.3. The third-order valence-corrected chi connectivity index (χ3v) is 3.17. The van der Waals surface area contributed by atoms with Crippen LogP contribution in [0.3, 0.4) is 0 Å². The number of nitrogens with zero attached hydrogens (tertiary/aromatic N) is 3. The van der Waals surface area contributed by atoms with Crippen LogP contribution in [0.2, 0.25) is 0 Å². The molecule has 6 nitrogen and oxygen atoms in total. The van der Waals surface area contributed by atoms with E-state index in [4.69, 9.17) is 9.15 Å². The maximum atomic E-state index is 5.65. The van der Waals surface area contributed by atoms with Gasteiger partial charge in [0.15, 0.2) is 0 Å². The van der Waals surface area contributed by atoms with Gasteiger partial charge in [-0.15, -0.1) is 5.10 Å². The normalized spacial score (nSPS) is 20.3. The summed E-state index contributed by atoms with van der Waals surface area (Å²) in [5.41, 5.74) is 0. The molecule has 0 spiro atoms. The summed E-state index contributed by atoms with van der Waals surface area (Å²) in [6.07, 6.45) is 2.36. The van der Waals surface area contributed by atoms with Gasteiger partial charge in [-0.25, -0.2) is 0 Å². The number of hydrogen-bond donors (Lipinski definition) is 1. The van der Waals surface area contributed by atoms with Crippen LogP contribution in [-0.4, -0.2) is 43.5 Å². The summed E-state index contributed by atoms with van der Waals surface area (Å²) in [4.78, 5) is 2.16. The van der Waals surface area contributed by atoms with Gasteiger partial charge in [-0.1, -0.05) is 12.0 Å². The zero-order valence-corrected chi connectivity index (χ0v) is 11.2. The fourth-order valence-electron chi connectivity index (χ4n) is 2.29. The van der Waals surface area contributed by atoms with Gasteiger partial charge in [0.2, 0.25) is 5.89 Å². The van der Waals surface area contributed by atoms with Gasteiger partial charge in [-0.05, 0) is 19.4 Å². The molecular formula is C12H22N4O2. The Labute approximate surface area is 108 Å². The Kier molecular flexibility index (Phi) is 4.95. The number of aromatic nitrogens is 2. The highest BCUT2D eigenvalue weighted by atomic mass is 16.5. The van der Waals surface area contributed by atoms with Gasteiger partial charge in [-0.3, -0.25) is 0 Å². The Bertz CT molecular complexity index is 354. The number of anilines is 1. The van der Waals surface area contributed by atoms with Crippen LogP contribution in [0.5, 0.6) is 0 Å². The number of hydrogen-bond acceptors (Lipinski definition) is 6. The van der Waals surface area contributed by atoms with Crippen LogP contribution in [-0.2, 0) is 11.3 Å². The van der Waals surface area contributed by atoms with Crippen molar-refractivity contribution in [1.82, 2.24) is 15.5 Å². The van der Waals surface area contributed by atoms with Crippen LogP contribution in [0.15, 0.2) is 4.42 Å². The van der Waals surface area contributed by atoms with Crippen molar-refractivity contribution >= 4 is 6.01 Å². The van der Waals surface area contributed by atoms with Gasteiger partial charge in [0, 0.05) is 26.1 Å². The molecule has 1 aliphatic heterocycles. The highest BCUT2D eigenvalue weighted by Gasteiger charge is 2.23. The number of ether oxygens (including phenoxy) is 1. The standard InChI is InChI=1S/C12H22N4O2/c1-3-13-7-11-14-15-12(18-11)16-6-4-5-10(8-16)9-17-2/h10,13H,3-9H2,1-2H3. The Morgan fingerprint density at radius 2 is 2.39 bits per heavy atom. The molecule has 0 aromatic carbocycles. The van der Waals surface area contributed by atoms with Crippen molar-refractivity contribution in [2.45, 2.75) is 26.3 Å². The monoisotopic (exact) mass is 254 g/mol. The molecular weight excluding hydrogens is 232 g/mol. The van der Waals surface area contributed by atoms with Gasteiger partial charge in [0.1, 0.15) is 0 Å². The lowest BCUT2D eigenvalue weighted by molar-refractivity contribution is 0.142. The molecule has 1 fully saturated rings. The lowest BCUT2D eigenvalue weighted by Gasteiger charge is -2.30. The maximum absolute atomic E-state index is 5.65. The topological polar surface area (TPSA) is 63.4 Å². The van der Waals surface area contributed by atoms with Crippen molar-refractivity contribution in [2.24, 2.45) is 5.92 Å². The quantitative estimate of drug-likeness (QED) is 0.818. The molecule has 18 heavy (non-hydrogen) atoms.